The largest absolute Gasteiger partial charge is 0.392 e. The van der Waals surface area contributed by atoms with Gasteiger partial charge in [0.05, 0.1) is 12.1 Å². The molecule has 1 aliphatic rings. The van der Waals surface area contributed by atoms with E-state index in [0.29, 0.717) is 5.75 Å². The zero-order valence-electron chi connectivity index (χ0n) is 4.77. The molecule has 4 nitrogen and oxygen atoms in total. The van der Waals surface area contributed by atoms with Crippen LogP contribution in [0.15, 0.2) is 5.11 Å². The number of hydrogen-bond donors (Lipinski definition) is 1. The molecule has 1 rings (SSSR count). The fourth-order valence-corrected chi connectivity index (χ4v) is 1.84. The maximum Gasteiger partial charge on any atom is 0.0732 e. The van der Waals surface area contributed by atoms with E-state index in [4.69, 9.17) is 10.6 Å². The SMILES string of the molecule is [N-]=[N+]=N[C@H]1CSC[C@H]1O. The van der Waals surface area contributed by atoms with Crippen LogP contribution in [0.5, 0.6) is 0 Å². The molecule has 5 heteroatoms. The Labute approximate surface area is 56.9 Å². The highest BCUT2D eigenvalue weighted by molar-refractivity contribution is 7.99. The van der Waals surface area contributed by atoms with Gasteiger partial charge in [-0.05, 0) is 5.53 Å². The van der Waals surface area contributed by atoms with Gasteiger partial charge in [0.1, 0.15) is 0 Å². The predicted octanol–water partition coefficient (Wildman–Crippen LogP) is 0.773. The summed E-state index contributed by atoms with van der Waals surface area (Å²) >= 11 is 1.62. The first-order chi connectivity index (χ1) is 4.34. The van der Waals surface area contributed by atoms with Crippen molar-refractivity contribution in [2.45, 2.75) is 12.1 Å². The van der Waals surface area contributed by atoms with Crippen LogP contribution in [-0.4, -0.2) is 28.8 Å². The van der Waals surface area contributed by atoms with Gasteiger partial charge in [0.15, 0.2) is 0 Å². The summed E-state index contributed by atoms with van der Waals surface area (Å²) in [6.07, 6.45) is -0.425. The zero-order chi connectivity index (χ0) is 6.69. The molecule has 0 aromatic heterocycles. The fraction of sp³-hybridized carbons (Fsp3) is 1.00. The lowest BCUT2D eigenvalue weighted by Gasteiger charge is -2.02. The Kier molecular flexibility index (Phi) is 2.22. The Morgan fingerprint density at radius 3 is 2.89 bits per heavy atom. The average Bonchev–Trinajstić information content (AvgIpc) is 2.18. The summed E-state index contributed by atoms with van der Waals surface area (Å²) in [6, 6.07) is -0.194. The molecular formula is C4H7N3OS. The first-order valence-corrected chi connectivity index (χ1v) is 3.80. The molecule has 0 aromatic rings. The van der Waals surface area contributed by atoms with E-state index in [2.05, 4.69) is 10.0 Å². The Morgan fingerprint density at radius 2 is 2.44 bits per heavy atom. The van der Waals surface area contributed by atoms with Gasteiger partial charge in [-0.25, -0.2) is 0 Å². The molecule has 1 saturated heterocycles. The molecule has 0 aliphatic carbocycles. The zero-order valence-corrected chi connectivity index (χ0v) is 5.58. The highest BCUT2D eigenvalue weighted by atomic mass is 32.2. The number of rotatable bonds is 1. The average molecular weight is 145 g/mol. The summed E-state index contributed by atoms with van der Waals surface area (Å²) in [7, 11) is 0. The molecule has 0 amide bonds. The lowest BCUT2D eigenvalue weighted by Crippen LogP contribution is -2.20. The van der Waals surface area contributed by atoms with Crippen LogP contribution in [0.2, 0.25) is 0 Å². The third kappa shape index (κ3) is 1.51. The van der Waals surface area contributed by atoms with Crippen molar-refractivity contribution in [1.82, 2.24) is 0 Å². The summed E-state index contributed by atoms with van der Waals surface area (Å²) in [5.74, 6) is 1.45. The van der Waals surface area contributed by atoms with E-state index in [1.54, 1.807) is 11.8 Å². The number of aliphatic hydroxyl groups excluding tert-OH is 1. The predicted molar refractivity (Wildman–Crippen MR) is 36.3 cm³/mol. The molecule has 0 aromatic carbocycles. The van der Waals surface area contributed by atoms with Crippen LogP contribution in [0.4, 0.5) is 0 Å². The molecule has 0 spiro atoms. The molecule has 0 bridgehead atoms. The normalized spacial score (nSPS) is 33.9. The van der Waals surface area contributed by atoms with E-state index >= 15 is 0 Å². The summed E-state index contributed by atoms with van der Waals surface area (Å²) in [5.41, 5.74) is 7.98. The molecule has 0 radical (unpaired) electrons. The molecule has 0 unspecified atom stereocenters. The van der Waals surface area contributed by atoms with Gasteiger partial charge in [-0.3, -0.25) is 0 Å². The van der Waals surface area contributed by atoms with Gasteiger partial charge < -0.3 is 5.11 Å². The van der Waals surface area contributed by atoms with E-state index < -0.39 is 6.10 Å². The van der Waals surface area contributed by atoms with Gasteiger partial charge in [-0.1, -0.05) is 5.11 Å². The Balaban J connectivity index is 2.49. The molecule has 1 heterocycles. The van der Waals surface area contributed by atoms with Crippen molar-refractivity contribution in [2.75, 3.05) is 11.5 Å². The first kappa shape index (κ1) is 6.74. The van der Waals surface area contributed by atoms with E-state index in [-0.39, 0.29) is 6.04 Å². The van der Waals surface area contributed by atoms with Crippen molar-refractivity contribution in [2.24, 2.45) is 5.11 Å². The monoisotopic (exact) mass is 145 g/mol. The van der Waals surface area contributed by atoms with Crippen molar-refractivity contribution in [3.8, 4) is 0 Å². The Morgan fingerprint density at radius 1 is 1.67 bits per heavy atom. The second kappa shape index (κ2) is 2.96. The summed E-state index contributed by atoms with van der Waals surface area (Å²) in [5, 5.41) is 12.4. The third-order valence-corrected chi connectivity index (χ3v) is 2.38. The van der Waals surface area contributed by atoms with Gasteiger partial charge in [0, 0.05) is 16.4 Å². The van der Waals surface area contributed by atoms with E-state index in [0.717, 1.165) is 5.75 Å². The number of thioether (sulfide) groups is 1. The van der Waals surface area contributed by atoms with Gasteiger partial charge in [0.25, 0.3) is 0 Å². The minimum absolute atomic E-state index is 0.194. The fourth-order valence-electron chi connectivity index (χ4n) is 0.708. The van der Waals surface area contributed by atoms with Gasteiger partial charge in [0.2, 0.25) is 0 Å². The Bertz CT molecular complexity index is 145. The number of nitrogens with zero attached hydrogens (tertiary/aromatic N) is 3. The van der Waals surface area contributed by atoms with Crippen LogP contribution in [0.25, 0.3) is 10.4 Å². The number of hydrogen-bond acceptors (Lipinski definition) is 3. The third-order valence-electron chi connectivity index (χ3n) is 1.22. The van der Waals surface area contributed by atoms with Crippen LogP contribution >= 0.6 is 11.8 Å². The lowest BCUT2D eigenvalue weighted by atomic mass is 10.2. The maximum absolute atomic E-state index is 9.03. The van der Waals surface area contributed by atoms with Gasteiger partial charge >= 0.3 is 0 Å². The number of azide groups is 1. The lowest BCUT2D eigenvalue weighted by molar-refractivity contribution is 0.183. The second-order valence-electron chi connectivity index (χ2n) is 1.88. The molecule has 1 fully saturated rings. The highest BCUT2D eigenvalue weighted by Gasteiger charge is 2.23. The van der Waals surface area contributed by atoms with Crippen molar-refractivity contribution < 1.29 is 5.11 Å². The van der Waals surface area contributed by atoms with Crippen molar-refractivity contribution in [1.29, 1.82) is 0 Å². The van der Waals surface area contributed by atoms with Gasteiger partial charge in [-0.15, -0.1) is 0 Å². The van der Waals surface area contributed by atoms with E-state index in [1.807, 2.05) is 0 Å². The maximum atomic E-state index is 9.03. The summed E-state index contributed by atoms with van der Waals surface area (Å²) < 4.78 is 0. The van der Waals surface area contributed by atoms with E-state index in [1.165, 1.54) is 0 Å². The van der Waals surface area contributed by atoms with Crippen LogP contribution in [0.1, 0.15) is 0 Å². The molecule has 1 aliphatic heterocycles. The first-order valence-electron chi connectivity index (χ1n) is 2.64. The quantitative estimate of drug-likeness (QED) is 0.336. The molecule has 2 atom stereocenters. The molecule has 50 valence electrons. The highest BCUT2D eigenvalue weighted by Crippen LogP contribution is 2.20. The molecule has 0 saturated carbocycles. The van der Waals surface area contributed by atoms with Crippen LogP contribution in [-0.2, 0) is 0 Å². The summed E-state index contributed by atoms with van der Waals surface area (Å²) in [6.45, 7) is 0. The standard InChI is InChI=1S/C4H7N3OS/c5-7-6-3-1-9-2-4(3)8/h3-4,8H,1-2H2/t3-,4+/m0/s1. The molecular weight excluding hydrogens is 138 g/mol. The minimum Gasteiger partial charge on any atom is -0.392 e. The topological polar surface area (TPSA) is 69.0 Å². The van der Waals surface area contributed by atoms with Crippen molar-refractivity contribution in [3.05, 3.63) is 10.4 Å². The summed E-state index contributed by atoms with van der Waals surface area (Å²) in [4.78, 5) is 2.62. The van der Waals surface area contributed by atoms with Crippen molar-refractivity contribution in [3.63, 3.8) is 0 Å². The molecule has 1 N–H and O–H groups in total. The van der Waals surface area contributed by atoms with Gasteiger partial charge in [-0.2, -0.15) is 11.8 Å². The van der Waals surface area contributed by atoms with Crippen LogP contribution in [0, 0.1) is 0 Å². The van der Waals surface area contributed by atoms with Crippen molar-refractivity contribution >= 4 is 11.8 Å². The minimum atomic E-state index is -0.425. The smallest absolute Gasteiger partial charge is 0.0732 e. The van der Waals surface area contributed by atoms with Crippen LogP contribution in [0.3, 0.4) is 0 Å². The Hall–Kier alpha value is -0.380. The second-order valence-corrected chi connectivity index (χ2v) is 2.95. The van der Waals surface area contributed by atoms with E-state index in [9.17, 15) is 0 Å². The van der Waals surface area contributed by atoms with Crippen LogP contribution < -0.4 is 0 Å². The number of aliphatic hydroxyl groups is 1. The molecule has 9 heavy (non-hydrogen) atoms.